The maximum atomic E-state index is 11.5. The van der Waals surface area contributed by atoms with Crippen LogP contribution >= 0.6 is 15.9 Å². The Labute approximate surface area is 123 Å². The topological polar surface area (TPSA) is 26.3 Å². The first-order valence-electron chi connectivity index (χ1n) is 6.84. The van der Waals surface area contributed by atoms with Crippen LogP contribution in [0, 0.1) is 6.92 Å². The highest BCUT2D eigenvalue weighted by Crippen LogP contribution is 2.42. The van der Waals surface area contributed by atoms with Crippen molar-refractivity contribution in [2.45, 2.75) is 44.4 Å². The van der Waals surface area contributed by atoms with E-state index in [0.717, 1.165) is 43.2 Å². The molecule has 3 heteroatoms. The Hall–Kier alpha value is -0.830. The van der Waals surface area contributed by atoms with Crippen molar-refractivity contribution in [3.8, 4) is 5.75 Å². The SMILES string of the molecule is COc1ccc(C2(CCBr)CCC(=O)CC2)cc1C. The Bertz CT molecular complexity index is 458. The molecule has 1 fully saturated rings. The van der Waals surface area contributed by atoms with Crippen molar-refractivity contribution in [3.05, 3.63) is 29.3 Å². The van der Waals surface area contributed by atoms with Crippen molar-refractivity contribution in [3.63, 3.8) is 0 Å². The van der Waals surface area contributed by atoms with E-state index in [1.807, 2.05) is 0 Å². The number of rotatable bonds is 4. The van der Waals surface area contributed by atoms with Crippen molar-refractivity contribution in [2.75, 3.05) is 12.4 Å². The van der Waals surface area contributed by atoms with Crippen LogP contribution < -0.4 is 4.74 Å². The van der Waals surface area contributed by atoms with E-state index < -0.39 is 0 Å². The lowest BCUT2D eigenvalue weighted by atomic mass is 9.67. The zero-order valence-corrected chi connectivity index (χ0v) is 13.3. The number of halogens is 1. The maximum Gasteiger partial charge on any atom is 0.132 e. The smallest absolute Gasteiger partial charge is 0.132 e. The van der Waals surface area contributed by atoms with Gasteiger partial charge in [0.15, 0.2) is 0 Å². The molecule has 0 amide bonds. The summed E-state index contributed by atoms with van der Waals surface area (Å²) in [5, 5.41) is 0.978. The molecule has 0 atom stereocenters. The Morgan fingerprint density at radius 2 is 2.00 bits per heavy atom. The lowest BCUT2D eigenvalue weighted by molar-refractivity contribution is -0.121. The van der Waals surface area contributed by atoms with Gasteiger partial charge in [0.2, 0.25) is 0 Å². The van der Waals surface area contributed by atoms with Crippen LogP contribution in [0.1, 0.15) is 43.2 Å². The highest BCUT2D eigenvalue weighted by Gasteiger charge is 2.35. The van der Waals surface area contributed by atoms with Gasteiger partial charge in [-0.15, -0.1) is 0 Å². The summed E-state index contributed by atoms with van der Waals surface area (Å²) >= 11 is 3.57. The summed E-state index contributed by atoms with van der Waals surface area (Å²) < 4.78 is 5.33. The largest absolute Gasteiger partial charge is 0.496 e. The van der Waals surface area contributed by atoms with E-state index in [0.29, 0.717) is 5.78 Å². The number of aryl methyl sites for hydroxylation is 1. The second-order valence-electron chi connectivity index (χ2n) is 5.44. The molecule has 0 bridgehead atoms. The molecular formula is C16H21BrO2. The molecule has 104 valence electrons. The van der Waals surface area contributed by atoms with Gasteiger partial charge >= 0.3 is 0 Å². The lowest BCUT2D eigenvalue weighted by Gasteiger charge is -2.37. The molecule has 0 aliphatic heterocycles. The summed E-state index contributed by atoms with van der Waals surface area (Å²) in [4.78, 5) is 11.5. The number of carbonyl (C=O) groups is 1. The van der Waals surface area contributed by atoms with Crippen LogP contribution in [0.25, 0.3) is 0 Å². The standard InChI is InChI=1S/C16H21BrO2/c1-12-11-13(3-4-15(12)19-2)16(9-10-17)7-5-14(18)6-8-16/h3-4,11H,5-10H2,1-2H3. The number of carbonyl (C=O) groups excluding carboxylic acids is 1. The first-order valence-corrected chi connectivity index (χ1v) is 7.96. The zero-order valence-electron chi connectivity index (χ0n) is 11.7. The molecule has 1 aliphatic carbocycles. The van der Waals surface area contributed by atoms with Gasteiger partial charge in [-0.25, -0.2) is 0 Å². The number of hydrogen-bond donors (Lipinski definition) is 0. The van der Waals surface area contributed by atoms with Gasteiger partial charge in [0.1, 0.15) is 11.5 Å². The van der Waals surface area contributed by atoms with Crippen molar-refractivity contribution in [2.24, 2.45) is 0 Å². The molecule has 0 unspecified atom stereocenters. The molecular weight excluding hydrogens is 304 g/mol. The molecule has 0 aromatic heterocycles. The fraction of sp³-hybridized carbons (Fsp3) is 0.562. The van der Waals surface area contributed by atoms with Gasteiger partial charge in [0, 0.05) is 18.2 Å². The predicted octanol–water partition coefficient (Wildman–Crippen LogP) is 4.17. The number of methoxy groups -OCH3 is 1. The van der Waals surface area contributed by atoms with Gasteiger partial charge in [-0.3, -0.25) is 4.79 Å². The zero-order chi connectivity index (χ0) is 13.9. The van der Waals surface area contributed by atoms with Gasteiger partial charge in [-0.2, -0.15) is 0 Å². The second kappa shape index (κ2) is 6.08. The summed E-state index contributed by atoms with van der Waals surface area (Å²) in [6.45, 7) is 2.08. The second-order valence-corrected chi connectivity index (χ2v) is 6.24. The van der Waals surface area contributed by atoms with Crippen LogP contribution in [0.4, 0.5) is 0 Å². The molecule has 1 aliphatic rings. The summed E-state index contributed by atoms with van der Waals surface area (Å²) in [6, 6.07) is 6.46. The molecule has 1 saturated carbocycles. The summed E-state index contributed by atoms with van der Waals surface area (Å²) in [7, 11) is 1.70. The van der Waals surface area contributed by atoms with Gasteiger partial charge in [-0.05, 0) is 48.8 Å². The summed E-state index contributed by atoms with van der Waals surface area (Å²) in [5.74, 6) is 1.35. The first-order chi connectivity index (χ1) is 9.11. The van der Waals surface area contributed by atoms with E-state index in [9.17, 15) is 4.79 Å². The van der Waals surface area contributed by atoms with E-state index in [-0.39, 0.29) is 5.41 Å². The van der Waals surface area contributed by atoms with Gasteiger partial charge in [0.25, 0.3) is 0 Å². The van der Waals surface area contributed by atoms with Crippen LogP contribution in [0.3, 0.4) is 0 Å². The average Bonchev–Trinajstić information content (AvgIpc) is 2.42. The molecule has 0 radical (unpaired) electrons. The van der Waals surface area contributed by atoms with Crippen molar-refractivity contribution in [1.29, 1.82) is 0 Å². The minimum Gasteiger partial charge on any atom is -0.496 e. The number of alkyl halides is 1. The third kappa shape index (κ3) is 3.02. The van der Waals surface area contributed by atoms with Gasteiger partial charge in [-0.1, -0.05) is 28.1 Å². The molecule has 0 heterocycles. The Morgan fingerprint density at radius 3 is 2.53 bits per heavy atom. The Morgan fingerprint density at radius 1 is 1.32 bits per heavy atom. The van der Waals surface area contributed by atoms with Crippen LogP contribution in [0.15, 0.2) is 18.2 Å². The summed E-state index contributed by atoms with van der Waals surface area (Å²) in [5.41, 5.74) is 2.69. The molecule has 2 nitrogen and oxygen atoms in total. The highest BCUT2D eigenvalue weighted by atomic mass is 79.9. The van der Waals surface area contributed by atoms with E-state index in [4.69, 9.17) is 4.74 Å². The fourth-order valence-electron chi connectivity index (χ4n) is 3.08. The van der Waals surface area contributed by atoms with Crippen LogP contribution in [-0.2, 0) is 10.2 Å². The lowest BCUT2D eigenvalue weighted by Crippen LogP contribution is -2.32. The molecule has 0 N–H and O–H groups in total. The normalized spacial score (nSPS) is 18.4. The van der Waals surface area contributed by atoms with Crippen LogP contribution in [0.5, 0.6) is 5.75 Å². The van der Waals surface area contributed by atoms with Gasteiger partial charge < -0.3 is 4.74 Å². The van der Waals surface area contributed by atoms with E-state index in [2.05, 4.69) is 41.1 Å². The van der Waals surface area contributed by atoms with Crippen LogP contribution in [0.2, 0.25) is 0 Å². The predicted molar refractivity (Wildman–Crippen MR) is 81.3 cm³/mol. The average molecular weight is 325 g/mol. The fourth-order valence-corrected chi connectivity index (χ4v) is 3.84. The molecule has 1 aromatic carbocycles. The van der Waals surface area contributed by atoms with Crippen molar-refractivity contribution >= 4 is 21.7 Å². The Balaban J connectivity index is 2.33. The number of hydrogen-bond acceptors (Lipinski definition) is 2. The van der Waals surface area contributed by atoms with Crippen molar-refractivity contribution < 1.29 is 9.53 Å². The Kier molecular flexibility index (Phi) is 4.67. The molecule has 1 aromatic rings. The van der Waals surface area contributed by atoms with Gasteiger partial charge in [0.05, 0.1) is 7.11 Å². The molecule has 0 spiro atoms. The van der Waals surface area contributed by atoms with E-state index in [1.165, 1.54) is 11.1 Å². The molecule has 19 heavy (non-hydrogen) atoms. The maximum absolute atomic E-state index is 11.5. The minimum absolute atomic E-state index is 0.161. The number of Topliss-reactive ketones (excluding diaryl/α,β-unsaturated/α-hetero) is 1. The van der Waals surface area contributed by atoms with Crippen molar-refractivity contribution in [1.82, 2.24) is 0 Å². The molecule has 0 saturated heterocycles. The number of benzene rings is 1. The monoisotopic (exact) mass is 324 g/mol. The first kappa shape index (κ1) is 14.6. The third-order valence-corrected chi connectivity index (χ3v) is 4.74. The summed E-state index contributed by atoms with van der Waals surface area (Å²) in [6.07, 6.45) is 4.48. The minimum atomic E-state index is 0.161. The van der Waals surface area contributed by atoms with E-state index in [1.54, 1.807) is 7.11 Å². The highest BCUT2D eigenvalue weighted by molar-refractivity contribution is 9.09. The van der Waals surface area contributed by atoms with Crippen LogP contribution in [-0.4, -0.2) is 18.2 Å². The molecule has 2 rings (SSSR count). The number of ketones is 1. The van der Waals surface area contributed by atoms with E-state index >= 15 is 0 Å². The number of ether oxygens (including phenoxy) is 1. The quantitative estimate of drug-likeness (QED) is 0.777. The third-order valence-electron chi connectivity index (χ3n) is 4.35.